The van der Waals surface area contributed by atoms with Crippen molar-refractivity contribution in [2.24, 2.45) is 0 Å². The van der Waals surface area contributed by atoms with Crippen molar-refractivity contribution in [3.05, 3.63) is 45.3 Å². The van der Waals surface area contributed by atoms with E-state index in [-0.39, 0.29) is 5.82 Å². The summed E-state index contributed by atoms with van der Waals surface area (Å²) in [5, 5.41) is 3.11. The molecule has 0 saturated carbocycles. The molecule has 0 spiro atoms. The van der Waals surface area contributed by atoms with Gasteiger partial charge in [0, 0.05) is 9.26 Å². The number of anilines is 2. The number of hydrogen-bond acceptors (Lipinski definition) is 4. The van der Waals surface area contributed by atoms with E-state index in [9.17, 15) is 4.39 Å². The molecule has 0 bridgehead atoms. The van der Waals surface area contributed by atoms with Gasteiger partial charge < -0.3 is 5.32 Å². The van der Waals surface area contributed by atoms with Crippen LogP contribution in [0.25, 0.3) is 11.0 Å². The molecule has 3 rings (SSSR count). The summed E-state index contributed by atoms with van der Waals surface area (Å²) in [7, 11) is 0. The molecule has 1 heterocycles. The second kappa shape index (κ2) is 5.01. The van der Waals surface area contributed by atoms with Gasteiger partial charge in [0.05, 0.1) is 17.4 Å². The highest BCUT2D eigenvalue weighted by molar-refractivity contribution is 14.1. The zero-order chi connectivity index (χ0) is 13.4. The first-order valence-electron chi connectivity index (χ1n) is 5.59. The molecule has 96 valence electrons. The lowest BCUT2D eigenvalue weighted by molar-refractivity contribution is 0.641. The van der Waals surface area contributed by atoms with E-state index >= 15 is 0 Å². The zero-order valence-electron chi connectivity index (χ0n) is 9.95. The molecule has 19 heavy (non-hydrogen) atoms. The molecule has 0 atom stereocenters. The average molecular weight is 385 g/mol. The van der Waals surface area contributed by atoms with Gasteiger partial charge in [0.25, 0.3) is 0 Å². The minimum atomic E-state index is -0.357. The van der Waals surface area contributed by atoms with Crippen LogP contribution in [-0.4, -0.2) is 8.75 Å². The number of nitrogens with one attached hydrogen (secondary N) is 1. The summed E-state index contributed by atoms with van der Waals surface area (Å²) in [4.78, 5) is 0. The van der Waals surface area contributed by atoms with Crippen LogP contribution in [0, 0.1) is 16.3 Å². The van der Waals surface area contributed by atoms with Gasteiger partial charge in [0.1, 0.15) is 11.0 Å². The summed E-state index contributed by atoms with van der Waals surface area (Å²) >= 11 is 3.27. The summed E-state index contributed by atoms with van der Waals surface area (Å²) in [6.07, 6.45) is 0. The van der Waals surface area contributed by atoms with Crippen LogP contribution in [0.2, 0.25) is 0 Å². The van der Waals surface area contributed by atoms with E-state index in [0.29, 0.717) is 16.7 Å². The number of rotatable bonds is 2. The highest BCUT2D eigenvalue weighted by Gasteiger charge is 2.11. The van der Waals surface area contributed by atoms with Crippen LogP contribution < -0.4 is 5.32 Å². The SMILES string of the molecule is Cc1cc(I)ccc1Nc1ccc2nsnc2c1F. The first-order chi connectivity index (χ1) is 9.15. The molecule has 0 aliphatic heterocycles. The van der Waals surface area contributed by atoms with Gasteiger partial charge in [-0.25, -0.2) is 4.39 Å². The maximum atomic E-state index is 14.2. The van der Waals surface area contributed by atoms with Crippen molar-refractivity contribution in [3.63, 3.8) is 0 Å². The van der Waals surface area contributed by atoms with Crippen molar-refractivity contribution >= 4 is 56.7 Å². The molecule has 0 aliphatic carbocycles. The molecule has 0 saturated heterocycles. The second-order valence-corrected chi connectivity index (χ2v) is 5.92. The molecule has 6 heteroatoms. The van der Waals surface area contributed by atoms with E-state index in [1.807, 2.05) is 25.1 Å². The van der Waals surface area contributed by atoms with Gasteiger partial charge in [-0.1, -0.05) is 0 Å². The van der Waals surface area contributed by atoms with E-state index < -0.39 is 0 Å². The van der Waals surface area contributed by atoms with Gasteiger partial charge in [-0.2, -0.15) is 8.75 Å². The van der Waals surface area contributed by atoms with Crippen LogP contribution in [0.4, 0.5) is 15.8 Å². The maximum absolute atomic E-state index is 14.2. The molecule has 1 N–H and O–H groups in total. The summed E-state index contributed by atoms with van der Waals surface area (Å²) in [6, 6.07) is 9.43. The van der Waals surface area contributed by atoms with Crippen molar-refractivity contribution in [1.29, 1.82) is 0 Å². The van der Waals surface area contributed by atoms with Gasteiger partial charge >= 0.3 is 0 Å². The number of hydrogen-bond donors (Lipinski definition) is 1. The predicted molar refractivity (Wildman–Crippen MR) is 84.6 cm³/mol. The molecule has 0 aliphatic rings. The number of nitrogens with zero attached hydrogens (tertiary/aromatic N) is 2. The molecule has 1 aromatic heterocycles. The second-order valence-electron chi connectivity index (χ2n) is 4.14. The van der Waals surface area contributed by atoms with Crippen LogP contribution in [0.3, 0.4) is 0 Å². The molecule has 0 amide bonds. The van der Waals surface area contributed by atoms with E-state index in [1.54, 1.807) is 12.1 Å². The lowest BCUT2D eigenvalue weighted by Gasteiger charge is -2.10. The Bertz CT molecular complexity index is 757. The molecular weight excluding hydrogens is 376 g/mol. The Hall–Kier alpha value is -1.28. The van der Waals surface area contributed by atoms with Gasteiger partial charge in [-0.3, -0.25) is 0 Å². The Balaban J connectivity index is 2.03. The lowest BCUT2D eigenvalue weighted by atomic mass is 10.2. The smallest absolute Gasteiger partial charge is 0.175 e. The fourth-order valence-electron chi connectivity index (χ4n) is 1.83. The van der Waals surface area contributed by atoms with Crippen LogP contribution in [0.5, 0.6) is 0 Å². The molecule has 3 aromatic rings. The Morgan fingerprint density at radius 1 is 1.16 bits per heavy atom. The molecule has 0 unspecified atom stereocenters. The van der Waals surface area contributed by atoms with Crippen molar-refractivity contribution in [2.45, 2.75) is 6.92 Å². The molecule has 2 aromatic carbocycles. The quantitative estimate of drug-likeness (QED) is 0.661. The highest BCUT2D eigenvalue weighted by atomic mass is 127. The van der Waals surface area contributed by atoms with Crippen LogP contribution in [0.1, 0.15) is 5.56 Å². The van der Waals surface area contributed by atoms with Crippen LogP contribution >= 0.6 is 34.3 Å². The third-order valence-electron chi connectivity index (χ3n) is 2.82. The molecule has 0 radical (unpaired) electrons. The summed E-state index contributed by atoms with van der Waals surface area (Å²) in [6.45, 7) is 1.99. The van der Waals surface area contributed by atoms with Crippen molar-refractivity contribution < 1.29 is 4.39 Å². The largest absolute Gasteiger partial charge is 0.353 e. The molecular formula is C13H9FIN3S. The van der Waals surface area contributed by atoms with Crippen LogP contribution in [0.15, 0.2) is 30.3 Å². The monoisotopic (exact) mass is 385 g/mol. The summed E-state index contributed by atoms with van der Waals surface area (Å²) in [5.41, 5.74) is 3.29. The predicted octanol–water partition coefficient (Wildman–Crippen LogP) is 4.49. The van der Waals surface area contributed by atoms with E-state index in [1.165, 1.54) is 0 Å². The van der Waals surface area contributed by atoms with Gasteiger partial charge in [-0.15, -0.1) is 0 Å². The average Bonchev–Trinajstić information content (AvgIpc) is 2.85. The fourth-order valence-corrected chi connectivity index (χ4v) is 3.01. The highest BCUT2D eigenvalue weighted by Crippen LogP contribution is 2.27. The van der Waals surface area contributed by atoms with Crippen molar-refractivity contribution in [2.75, 3.05) is 5.32 Å². The third-order valence-corrected chi connectivity index (χ3v) is 4.04. The number of aromatic nitrogens is 2. The summed E-state index contributed by atoms with van der Waals surface area (Å²) in [5.74, 6) is -0.357. The molecule has 0 fully saturated rings. The maximum Gasteiger partial charge on any atom is 0.175 e. The van der Waals surface area contributed by atoms with E-state index in [4.69, 9.17) is 0 Å². The topological polar surface area (TPSA) is 37.8 Å². The first kappa shape index (κ1) is 12.7. The first-order valence-corrected chi connectivity index (χ1v) is 7.40. The van der Waals surface area contributed by atoms with Gasteiger partial charge in [0.2, 0.25) is 0 Å². The lowest BCUT2D eigenvalue weighted by Crippen LogP contribution is -1.97. The van der Waals surface area contributed by atoms with Crippen LogP contribution in [-0.2, 0) is 0 Å². The Morgan fingerprint density at radius 2 is 1.95 bits per heavy atom. The van der Waals surface area contributed by atoms with Crippen molar-refractivity contribution in [1.82, 2.24) is 8.75 Å². The fraction of sp³-hybridized carbons (Fsp3) is 0.0769. The summed E-state index contributed by atoms with van der Waals surface area (Å²) < 4.78 is 23.4. The zero-order valence-corrected chi connectivity index (χ0v) is 12.9. The minimum Gasteiger partial charge on any atom is -0.353 e. The molecule has 3 nitrogen and oxygen atoms in total. The number of fused-ring (bicyclic) bond motifs is 1. The Kier molecular flexibility index (Phi) is 3.36. The Labute approximate surface area is 127 Å². The van der Waals surface area contributed by atoms with Gasteiger partial charge in [0.15, 0.2) is 5.82 Å². The standard InChI is InChI=1S/C13H9FIN3S/c1-7-6-8(15)2-3-9(7)16-10-4-5-11-13(12(10)14)18-19-17-11/h2-6,16H,1H3. The third kappa shape index (κ3) is 2.42. The van der Waals surface area contributed by atoms with Crippen molar-refractivity contribution in [3.8, 4) is 0 Å². The van der Waals surface area contributed by atoms with E-state index in [2.05, 4.69) is 36.7 Å². The minimum absolute atomic E-state index is 0.318. The van der Waals surface area contributed by atoms with Gasteiger partial charge in [-0.05, 0) is 65.4 Å². The Morgan fingerprint density at radius 3 is 2.74 bits per heavy atom. The number of halogens is 2. The van der Waals surface area contributed by atoms with E-state index in [0.717, 1.165) is 26.5 Å². The number of benzene rings is 2. The number of aryl methyl sites for hydroxylation is 1. The normalized spacial score (nSPS) is 10.9.